The number of aliphatic hydroxyl groups excluding tert-OH is 2. The van der Waals surface area contributed by atoms with Gasteiger partial charge in [-0.1, -0.05) is 25.1 Å². The van der Waals surface area contributed by atoms with Crippen molar-refractivity contribution in [2.75, 3.05) is 50.9 Å². The summed E-state index contributed by atoms with van der Waals surface area (Å²) < 4.78 is 11.2. The lowest BCUT2D eigenvalue weighted by Gasteiger charge is -2.35. The van der Waals surface area contributed by atoms with E-state index in [-0.39, 0.29) is 25.1 Å². The average Bonchev–Trinajstić information content (AvgIpc) is 3.31. The number of aryl methyl sites for hydroxylation is 1. The Hall–Kier alpha value is -2.95. The van der Waals surface area contributed by atoms with Crippen LogP contribution < -0.4 is 14.4 Å². The van der Waals surface area contributed by atoms with Crippen molar-refractivity contribution in [1.29, 1.82) is 0 Å². The minimum absolute atomic E-state index is 0.0780. The van der Waals surface area contributed by atoms with Gasteiger partial charge in [-0.15, -0.1) is 11.3 Å². The fourth-order valence-electron chi connectivity index (χ4n) is 3.74. The Morgan fingerprint density at radius 1 is 1.15 bits per heavy atom. The predicted octanol–water partition coefficient (Wildman–Crippen LogP) is 2.10. The molecule has 10 heteroatoms. The lowest BCUT2D eigenvalue weighted by Crippen LogP contribution is -2.49. The van der Waals surface area contributed by atoms with Crippen molar-refractivity contribution in [3.05, 3.63) is 41.3 Å². The molecule has 0 bridgehead atoms. The first-order valence-electron chi connectivity index (χ1n) is 11.5. The Balaban J connectivity index is 1.39. The molecular formula is C24H30N4O5S. The van der Waals surface area contributed by atoms with Crippen LogP contribution in [0.5, 0.6) is 11.8 Å². The van der Waals surface area contributed by atoms with E-state index in [1.807, 2.05) is 35.2 Å². The summed E-state index contributed by atoms with van der Waals surface area (Å²) in [5.41, 5.74) is 0. The molecule has 4 rings (SSSR count). The molecule has 1 fully saturated rings. The van der Waals surface area contributed by atoms with Crippen LogP contribution >= 0.6 is 11.3 Å². The highest BCUT2D eigenvalue weighted by Crippen LogP contribution is 2.33. The van der Waals surface area contributed by atoms with Gasteiger partial charge in [0.25, 0.3) is 0 Å². The first-order chi connectivity index (χ1) is 16.6. The van der Waals surface area contributed by atoms with Crippen LogP contribution in [0.25, 0.3) is 10.2 Å². The highest BCUT2D eigenvalue weighted by atomic mass is 32.1. The van der Waals surface area contributed by atoms with Gasteiger partial charge in [-0.25, -0.2) is 0 Å². The number of anilines is 1. The van der Waals surface area contributed by atoms with Gasteiger partial charge in [-0.2, -0.15) is 9.97 Å². The maximum absolute atomic E-state index is 12.7. The van der Waals surface area contributed by atoms with Gasteiger partial charge >= 0.3 is 6.01 Å². The molecule has 0 saturated carbocycles. The molecule has 0 radical (unpaired) electrons. The maximum Gasteiger partial charge on any atom is 0.319 e. The molecule has 0 unspecified atom stereocenters. The second kappa shape index (κ2) is 11.5. The van der Waals surface area contributed by atoms with E-state index in [1.165, 1.54) is 4.88 Å². The molecule has 2 N–H and O–H groups in total. The van der Waals surface area contributed by atoms with E-state index in [0.29, 0.717) is 39.2 Å². The number of rotatable bonds is 10. The molecule has 3 heterocycles. The van der Waals surface area contributed by atoms with Gasteiger partial charge in [0.1, 0.15) is 29.1 Å². The summed E-state index contributed by atoms with van der Waals surface area (Å²) in [6, 6.07) is 11.8. The van der Waals surface area contributed by atoms with Crippen molar-refractivity contribution >= 4 is 33.3 Å². The molecule has 182 valence electrons. The molecule has 1 saturated heterocycles. The molecule has 34 heavy (non-hydrogen) atoms. The van der Waals surface area contributed by atoms with Crippen LogP contribution in [0.3, 0.4) is 0 Å². The van der Waals surface area contributed by atoms with Gasteiger partial charge in [0.05, 0.1) is 25.0 Å². The lowest BCUT2D eigenvalue weighted by molar-refractivity contribution is -0.132. The molecule has 0 spiro atoms. The van der Waals surface area contributed by atoms with Crippen molar-refractivity contribution in [2.24, 2.45) is 0 Å². The van der Waals surface area contributed by atoms with Crippen LogP contribution in [-0.2, 0) is 11.2 Å². The van der Waals surface area contributed by atoms with E-state index >= 15 is 0 Å². The second-order valence-corrected chi connectivity index (χ2v) is 9.16. The van der Waals surface area contributed by atoms with Crippen LogP contribution in [0.4, 0.5) is 5.82 Å². The quantitative estimate of drug-likeness (QED) is 0.449. The highest BCUT2D eigenvalue weighted by Gasteiger charge is 2.25. The summed E-state index contributed by atoms with van der Waals surface area (Å²) in [7, 11) is 0. The number of para-hydroxylation sites is 1. The number of thiophene rings is 1. The van der Waals surface area contributed by atoms with Crippen LogP contribution in [0, 0.1) is 0 Å². The summed E-state index contributed by atoms with van der Waals surface area (Å²) >= 11 is 1.59. The minimum atomic E-state index is -0.988. The molecule has 1 amide bonds. The molecule has 3 aromatic rings. The number of fused-ring (bicyclic) bond motifs is 1. The number of hydrogen-bond acceptors (Lipinski definition) is 9. The molecule has 1 aliphatic heterocycles. The molecule has 9 nitrogen and oxygen atoms in total. The largest absolute Gasteiger partial charge is 0.493 e. The Morgan fingerprint density at radius 2 is 1.91 bits per heavy atom. The number of hydrogen-bond donors (Lipinski definition) is 2. The highest BCUT2D eigenvalue weighted by molar-refractivity contribution is 7.18. The number of benzene rings is 1. The minimum Gasteiger partial charge on any atom is -0.493 e. The van der Waals surface area contributed by atoms with Crippen LogP contribution in [-0.4, -0.2) is 83.1 Å². The zero-order chi connectivity index (χ0) is 23.9. The predicted molar refractivity (Wildman–Crippen MR) is 131 cm³/mol. The Morgan fingerprint density at radius 3 is 2.62 bits per heavy atom. The Labute approximate surface area is 202 Å². The number of aromatic nitrogens is 2. The number of aliphatic hydroxyl groups is 2. The van der Waals surface area contributed by atoms with E-state index in [2.05, 4.69) is 27.9 Å². The first kappa shape index (κ1) is 24.2. The van der Waals surface area contributed by atoms with Gasteiger partial charge < -0.3 is 29.5 Å². The standard InChI is InChI=1S/C24H30N4O5S/c1-2-19-14-20-22(25-24(26-23(20)34-19)33-16-17(30)15-29)28-11-9-27(10-12-28)21(31)8-13-32-18-6-4-3-5-7-18/h3-7,14,17,29-30H,2,8-13,15-16H2,1H3/t17-/m1/s1. The summed E-state index contributed by atoms with van der Waals surface area (Å²) in [5, 5.41) is 19.6. The van der Waals surface area contributed by atoms with Crippen molar-refractivity contribution < 1.29 is 24.5 Å². The normalized spacial score (nSPS) is 14.9. The lowest BCUT2D eigenvalue weighted by atomic mass is 10.2. The molecule has 1 atom stereocenters. The SMILES string of the molecule is CCc1cc2c(N3CCN(C(=O)CCOc4ccccc4)CC3)nc(OC[C@H](O)CO)nc2s1. The summed E-state index contributed by atoms with van der Waals surface area (Å²) in [6.07, 6.45) is 0.243. The number of amides is 1. The third kappa shape index (κ3) is 5.94. The molecule has 1 aliphatic rings. The summed E-state index contributed by atoms with van der Waals surface area (Å²) in [6.45, 7) is 4.46. The molecule has 1 aromatic carbocycles. The zero-order valence-electron chi connectivity index (χ0n) is 19.2. The van der Waals surface area contributed by atoms with Crippen molar-refractivity contribution in [3.63, 3.8) is 0 Å². The number of nitrogens with zero attached hydrogens (tertiary/aromatic N) is 4. The second-order valence-electron chi connectivity index (χ2n) is 8.04. The zero-order valence-corrected chi connectivity index (χ0v) is 20.0. The topological polar surface area (TPSA) is 108 Å². The van der Waals surface area contributed by atoms with Gasteiger partial charge in [-0.3, -0.25) is 4.79 Å². The maximum atomic E-state index is 12.7. The number of ether oxygens (including phenoxy) is 2. The smallest absolute Gasteiger partial charge is 0.319 e. The fraction of sp³-hybridized carbons (Fsp3) is 0.458. The number of piperazine rings is 1. The third-order valence-corrected chi connectivity index (χ3v) is 6.80. The van der Waals surface area contributed by atoms with Crippen molar-refractivity contribution in [2.45, 2.75) is 25.9 Å². The number of carbonyl (C=O) groups excluding carboxylic acids is 1. The number of carbonyl (C=O) groups is 1. The van der Waals surface area contributed by atoms with E-state index in [1.54, 1.807) is 11.3 Å². The van der Waals surface area contributed by atoms with E-state index in [0.717, 1.165) is 28.2 Å². The molecule has 0 aliphatic carbocycles. The van der Waals surface area contributed by atoms with Crippen LogP contribution in [0.15, 0.2) is 36.4 Å². The van der Waals surface area contributed by atoms with Gasteiger partial charge in [0.2, 0.25) is 5.91 Å². The summed E-state index contributed by atoms with van der Waals surface area (Å²) in [4.78, 5) is 27.8. The molecule has 2 aromatic heterocycles. The monoisotopic (exact) mass is 486 g/mol. The third-order valence-electron chi connectivity index (χ3n) is 5.63. The Kier molecular flexibility index (Phi) is 8.15. The van der Waals surface area contributed by atoms with Crippen molar-refractivity contribution in [1.82, 2.24) is 14.9 Å². The van der Waals surface area contributed by atoms with Crippen molar-refractivity contribution in [3.8, 4) is 11.8 Å². The van der Waals surface area contributed by atoms with Crippen LogP contribution in [0.1, 0.15) is 18.2 Å². The van der Waals surface area contributed by atoms with Gasteiger partial charge in [-0.05, 0) is 24.6 Å². The first-order valence-corrected chi connectivity index (χ1v) is 12.3. The average molecular weight is 487 g/mol. The fourth-order valence-corrected chi connectivity index (χ4v) is 4.69. The molecular weight excluding hydrogens is 456 g/mol. The van der Waals surface area contributed by atoms with E-state index in [9.17, 15) is 9.90 Å². The van der Waals surface area contributed by atoms with E-state index < -0.39 is 6.10 Å². The summed E-state index contributed by atoms with van der Waals surface area (Å²) in [5.74, 6) is 1.61. The van der Waals surface area contributed by atoms with Gasteiger partial charge in [0.15, 0.2) is 0 Å². The Bertz CT molecular complexity index is 1090. The van der Waals surface area contributed by atoms with E-state index in [4.69, 9.17) is 14.6 Å². The van der Waals surface area contributed by atoms with Crippen LogP contribution in [0.2, 0.25) is 0 Å². The van der Waals surface area contributed by atoms with Gasteiger partial charge in [0, 0.05) is 31.1 Å².